The molecule has 9 nitrogen and oxygen atoms in total. The highest BCUT2D eigenvalue weighted by molar-refractivity contribution is 5.80. The zero-order valence-electron chi connectivity index (χ0n) is 23.7. The number of aromatic amines is 1. The summed E-state index contributed by atoms with van der Waals surface area (Å²) in [5.41, 5.74) is 6.12. The molecule has 0 aliphatic carbocycles. The Bertz CT molecular complexity index is 1700. The molecule has 1 fully saturated rings. The van der Waals surface area contributed by atoms with Gasteiger partial charge in [-0.2, -0.15) is 0 Å². The van der Waals surface area contributed by atoms with Crippen LogP contribution in [0.1, 0.15) is 41.0 Å². The number of tetrazole rings is 1. The standard InChI is InChI=1S/C32H35N7O2/c1-4-41-26-12-13-28-25(19-26)20-27(32(40)33-28)30(31-34-35-36-39(31)21-24-8-6-5-7-9-24)38-16-14-37(15-17-38)29-18-22(2)10-11-23(29)3/h5-13,18-20,30H,4,14-17,21H2,1-3H3,(H,33,40)/t30-/m0/s1. The van der Waals surface area contributed by atoms with Gasteiger partial charge in [0.05, 0.1) is 13.2 Å². The van der Waals surface area contributed by atoms with Gasteiger partial charge in [0.25, 0.3) is 5.56 Å². The predicted molar refractivity (Wildman–Crippen MR) is 161 cm³/mol. The number of piperazine rings is 1. The number of hydrogen-bond acceptors (Lipinski definition) is 7. The number of hydrogen-bond donors (Lipinski definition) is 1. The molecule has 1 atom stereocenters. The van der Waals surface area contributed by atoms with Gasteiger partial charge >= 0.3 is 0 Å². The summed E-state index contributed by atoms with van der Waals surface area (Å²) in [6.07, 6.45) is 0. The van der Waals surface area contributed by atoms with Crippen LogP contribution in [0.15, 0.2) is 77.6 Å². The molecule has 3 heterocycles. The van der Waals surface area contributed by atoms with Crippen molar-refractivity contribution >= 4 is 16.6 Å². The number of anilines is 1. The van der Waals surface area contributed by atoms with Crippen LogP contribution in [-0.4, -0.2) is 62.9 Å². The highest BCUT2D eigenvalue weighted by Crippen LogP contribution is 2.31. The van der Waals surface area contributed by atoms with Crippen LogP contribution in [0.4, 0.5) is 5.69 Å². The van der Waals surface area contributed by atoms with E-state index in [0.29, 0.717) is 24.5 Å². The number of rotatable bonds is 8. The number of fused-ring (bicyclic) bond motifs is 1. The van der Waals surface area contributed by atoms with Gasteiger partial charge in [0.15, 0.2) is 5.82 Å². The van der Waals surface area contributed by atoms with Crippen LogP contribution in [0, 0.1) is 13.8 Å². The van der Waals surface area contributed by atoms with Crippen molar-refractivity contribution in [2.24, 2.45) is 0 Å². The maximum absolute atomic E-state index is 13.7. The lowest BCUT2D eigenvalue weighted by Crippen LogP contribution is -2.49. The second kappa shape index (κ2) is 11.5. The summed E-state index contributed by atoms with van der Waals surface area (Å²) < 4.78 is 7.56. The van der Waals surface area contributed by atoms with Crippen molar-refractivity contribution < 1.29 is 4.74 Å². The molecule has 1 N–H and O–H groups in total. The summed E-state index contributed by atoms with van der Waals surface area (Å²) in [5, 5.41) is 13.8. The van der Waals surface area contributed by atoms with Crippen molar-refractivity contribution in [1.82, 2.24) is 30.1 Å². The number of nitrogens with one attached hydrogen (secondary N) is 1. The molecule has 0 unspecified atom stereocenters. The molecule has 1 saturated heterocycles. The van der Waals surface area contributed by atoms with E-state index < -0.39 is 6.04 Å². The lowest BCUT2D eigenvalue weighted by atomic mass is 10.0. The minimum Gasteiger partial charge on any atom is -0.494 e. The topological polar surface area (TPSA) is 92.2 Å². The maximum atomic E-state index is 13.7. The number of H-pyrrole nitrogens is 1. The molecule has 9 heteroatoms. The van der Waals surface area contributed by atoms with Crippen molar-refractivity contribution in [2.75, 3.05) is 37.7 Å². The van der Waals surface area contributed by atoms with Gasteiger partial charge in [-0.25, -0.2) is 4.68 Å². The third-order valence-corrected chi connectivity index (χ3v) is 7.81. The number of pyridine rings is 1. The zero-order chi connectivity index (χ0) is 28.3. The molecular formula is C32H35N7O2. The Labute approximate surface area is 239 Å². The van der Waals surface area contributed by atoms with Crippen molar-refractivity contribution in [3.63, 3.8) is 0 Å². The summed E-state index contributed by atoms with van der Waals surface area (Å²) in [6, 6.07) is 24.0. The van der Waals surface area contributed by atoms with Gasteiger partial charge in [-0.05, 0) is 78.2 Å². The summed E-state index contributed by atoms with van der Waals surface area (Å²) in [7, 11) is 0. The van der Waals surface area contributed by atoms with Crippen LogP contribution in [0.5, 0.6) is 5.75 Å². The summed E-state index contributed by atoms with van der Waals surface area (Å²) in [6.45, 7) is 10.5. The highest BCUT2D eigenvalue weighted by Gasteiger charge is 2.33. The first-order valence-corrected chi connectivity index (χ1v) is 14.2. The second-order valence-corrected chi connectivity index (χ2v) is 10.6. The average molecular weight is 550 g/mol. The molecule has 0 saturated carbocycles. The number of nitrogens with zero attached hydrogens (tertiary/aromatic N) is 6. The third kappa shape index (κ3) is 5.58. The molecule has 0 radical (unpaired) electrons. The first kappa shape index (κ1) is 26.7. The molecule has 0 bridgehead atoms. The van der Waals surface area contributed by atoms with E-state index in [9.17, 15) is 4.79 Å². The molecule has 6 rings (SSSR count). The molecule has 0 amide bonds. The fourth-order valence-corrected chi connectivity index (χ4v) is 5.72. The van der Waals surface area contributed by atoms with Crippen LogP contribution in [0.25, 0.3) is 10.9 Å². The highest BCUT2D eigenvalue weighted by atomic mass is 16.5. The molecule has 41 heavy (non-hydrogen) atoms. The first-order valence-electron chi connectivity index (χ1n) is 14.2. The summed E-state index contributed by atoms with van der Waals surface area (Å²) >= 11 is 0. The Morgan fingerprint density at radius 3 is 2.54 bits per heavy atom. The molecule has 3 aromatic carbocycles. The van der Waals surface area contributed by atoms with Gasteiger partial charge in [-0.3, -0.25) is 9.69 Å². The fraction of sp³-hybridized carbons (Fsp3) is 0.312. The molecule has 0 spiro atoms. The van der Waals surface area contributed by atoms with E-state index in [1.54, 1.807) is 0 Å². The largest absolute Gasteiger partial charge is 0.494 e. The van der Waals surface area contributed by atoms with Crippen molar-refractivity contribution in [3.8, 4) is 5.75 Å². The van der Waals surface area contributed by atoms with E-state index in [4.69, 9.17) is 4.74 Å². The monoisotopic (exact) mass is 549 g/mol. The van der Waals surface area contributed by atoms with Gasteiger partial charge in [-0.15, -0.1) is 5.10 Å². The molecular weight excluding hydrogens is 514 g/mol. The fourth-order valence-electron chi connectivity index (χ4n) is 5.72. The molecule has 1 aliphatic rings. The number of aryl methyl sites for hydroxylation is 2. The Kier molecular flexibility index (Phi) is 7.52. The first-order chi connectivity index (χ1) is 20.0. The molecule has 1 aliphatic heterocycles. The van der Waals surface area contributed by atoms with Crippen LogP contribution in [-0.2, 0) is 6.54 Å². The SMILES string of the molecule is CCOc1ccc2[nH]c(=O)c([C@@H](c3nnnn3Cc3ccccc3)N3CCN(c4cc(C)ccc4C)CC3)cc2c1. The quantitative estimate of drug-likeness (QED) is 0.305. The Hall–Kier alpha value is -4.50. The van der Waals surface area contributed by atoms with Gasteiger partial charge in [-0.1, -0.05) is 42.5 Å². The van der Waals surface area contributed by atoms with E-state index >= 15 is 0 Å². The smallest absolute Gasteiger partial charge is 0.253 e. The van der Waals surface area contributed by atoms with E-state index in [1.807, 2.05) is 54.1 Å². The molecule has 2 aromatic heterocycles. The predicted octanol–water partition coefficient (Wildman–Crippen LogP) is 4.49. The average Bonchev–Trinajstić information content (AvgIpc) is 3.43. The number of ether oxygens (including phenoxy) is 1. The van der Waals surface area contributed by atoms with Crippen molar-refractivity contribution in [1.29, 1.82) is 0 Å². The van der Waals surface area contributed by atoms with Gasteiger partial charge in [0.1, 0.15) is 11.8 Å². The Morgan fingerprint density at radius 1 is 0.951 bits per heavy atom. The lowest BCUT2D eigenvalue weighted by Gasteiger charge is -2.40. The van der Waals surface area contributed by atoms with Crippen LogP contribution >= 0.6 is 0 Å². The second-order valence-electron chi connectivity index (χ2n) is 10.6. The third-order valence-electron chi connectivity index (χ3n) is 7.81. The van der Waals surface area contributed by atoms with Gasteiger partial charge in [0.2, 0.25) is 0 Å². The minimum absolute atomic E-state index is 0.141. The van der Waals surface area contributed by atoms with E-state index in [0.717, 1.165) is 48.4 Å². The lowest BCUT2D eigenvalue weighted by molar-refractivity contribution is 0.200. The van der Waals surface area contributed by atoms with E-state index in [1.165, 1.54) is 16.8 Å². The van der Waals surface area contributed by atoms with Crippen LogP contribution in [0.3, 0.4) is 0 Å². The zero-order valence-corrected chi connectivity index (χ0v) is 23.7. The normalized spacial score (nSPS) is 14.9. The summed E-state index contributed by atoms with van der Waals surface area (Å²) in [4.78, 5) is 21.5. The van der Waals surface area contributed by atoms with E-state index in [-0.39, 0.29) is 5.56 Å². The van der Waals surface area contributed by atoms with Crippen molar-refractivity contribution in [3.05, 3.63) is 111 Å². The van der Waals surface area contributed by atoms with Crippen LogP contribution < -0.4 is 15.2 Å². The Balaban J connectivity index is 1.39. The number of benzene rings is 3. The summed E-state index contributed by atoms with van der Waals surface area (Å²) in [5.74, 6) is 1.42. The molecule has 210 valence electrons. The van der Waals surface area contributed by atoms with Gasteiger partial charge in [0, 0.05) is 48.3 Å². The van der Waals surface area contributed by atoms with E-state index in [2.05, 4.69) is 74.5 Å². The Morgan fingerprint density at radius 2 is 1.76 bits per heavy atom. The van der Waals surface area contributed by atoms with Crippen LogP contribution in [0.2, 0.25) is 0 Å². The number of aromatic nitrogens is 5. The maximum Gasteiger partial charge on any atom is 0.253 e. The van der Waals surface area contributed by atoms with Crippen molar-refractivity contribution in [2.45, 2.75) is 33.4 Å². The molecule has 5 aromatic rings. The van der Waals surface area contributed by atoms with Gasteiger partial charge < -0.3 is 14.6 Å². The minimum atomic E-state index is -0.418.